The summed E-state index contributed by atoms with van der Waals surface area (Å²) in [5.41, 5.74) is 0.441. The summed E-state index contributed by atoms with van der Waals surface area (Å²) in [6.45, 7) is 3.06. The Balaban J connectivity index is 1.39. The Hall–Kier alpha value is -3.29. The van der Waals surface area contributed by atoms with Crippen LogP contribution in [0.15, 0.2) is 36.4 Å². The smallest absolute Gasteiger partial charge is 0.269 e. The van der Waals surface area contributed by atoms with Crippen LogP contribution in [0.2, 0.25) is 15.1 Å². The van der Waals surface area contributed by atoms with E-state index in [1.54, 1.807) is 0 Å². The number of benzene rings is 2. The van der Waals surface area contributed by atoms with Gasteiger partial charge in [0.05, 0.1) is 21.7 Å². The van der Waals surface area contributed by atoms with Crippen molar-refractivity contribution < 1.29 is 18.7 Å². The molecule has 2 amide bonds. The minimum Gasteiger partial charge on any atom is -0.453 e. The molecule has 0 bridgehead atoms. The van der Waals surface area contributed by atoms with Gasteiger partial charge in [-0.15, -0.1) is 0 Å². The minimum atomic E-state index is -0.799. The lowest BCUT2D eigenvalue weighted by Gasteiger charge is -2.14. The number of aromatic amines is 1. The number of rotatable bonds is 9. The van der Waals surface area contributed by atoms with Gasteiger partial charge in [-0.3, -0.25) is 9.59 Å². The summed E-state index contributed by atoms with van der Waals surface area (Å²) in [5, 5.41) is 14.8. The molecule has 0 spiro atoms. The lowest BCUT2D eigenvalue weighted by Crippen LogP contribution is -2.33. The number of ether oxygens (including phenoxy) is 1. The Labute approximate surface area is 233 Å². The van der Waals surface area contributed by atoms with Crippen molar-refractivity contribution in [1.82, 2.24) is 20.5 Å². The van der Waals surface area contributed by atoms with Crippen LogP contribution in [0.3, 0.4) is 0 Å². The summed E-state index contributed by atoms with van der Waals surface area (Å²) in [6.07, 6.45) is 2.33. The molecule has 1 aromatic heterocycles. The van der Waals surface area contributed by atoms with Gasteiger partial charge >= 0.3 is 0 Å². The van der Waals surface area contributed by atoms with Gasteiger partial charge in [0, 0.05) is 30.2 Å². The third-order valence-electron chi connectivity index (χ3n) is 5.94. The average Bonchev–Trinajstić information content (AvgIpc) is 3.55. The second-order valence-corrected chi connectivity index (χ2v) is 9.88. The van der Waals surface area contributed by atoms with E-state index in [9.17, 15) is 9.59 Å². The molecule has 3 N–H and O–H groups in total. The average molecular weight is 579 g/mol. The molecule has 1 aliphatic rings. The largest absolute Gasteiger partial charge is 0.453 e. The SMILES string of the molecule is N#Cc1cc(Cl)cc(Oc2c(Cl)ccc(CNC(=O)c3[nH]c(C(=O)NCCN4CCCC4)cc3Cl)c2F)c1. The highest BCUT2D eigenvalue weighted by atomic mass is 35.5. The van der Waals surface area contributed by atoms with E-state index in [2.05, 4.69) is 20.5 Å². The van der Waals surface area contributed by atoms with Crippen molar-refractivity contribution in [3.05, 3.63) is 79.8 Å². The summed E-state index contributed by atoms with van der Waals surface area (Å²) in [6, 6.07) is 10.4. The van der Waals surface area contributed by atoms with Crippen LogP contribution in [0.1, 0.15) is 44.9 Å². The van der Waals surface area contributed by atoms with Gasteiger partial charge in [-0.2, -0.15) is 5.26 Å². The zero-order valence-electron chi connectivity index (χ0n) is 20.0. The van der Waals surface area contributed by atoms with Gasteiger partial charge < -0.3 is 25.3 Å². The van der Waals surface area contributed by atoms with E-state index in [0.29, 0.717) is 6.54 Å². The molecule has 3 aromatic rings. The Kier molecular flexibility index (Phi) is 9.13. The molecule has 1 saturated heterocycles. The molecule has 0 atom stereocenters. The highest BCUT2D eigenvalue weighted by Crippen LogP contribution is 2.35. The highest BCUT2D eigenvalue weighted by molar-refractivity contribution is 6.34. The number of hydrogen-bond donors (Lipinski definition) is 3. The molecule has 1 aliphatic heterocycles. The summed E-state index contributed by atoms with van der Waals surface area (Å²) in [5.74, 6) is -1.96. The lowest BCUT2D eigenvalue weighted by molar-refractivity contribution is 0.0944. The first-order valence-corrected chi connectivity index (χ1v) is 12.9. The van der Waals surface area contributed by atoms with Crippen LogP contribution in [0.5, 0.6) is 11.5 Å². The van der Waals surface area contributed by atoms with E-state index >= 15 is 4.39 Å². The van der Waals surface area contributed by atoms with Crippen molar-refractivity contribution in [2.45, 2.75) is 19.4 Å². The quantitative estimate of drug-likeness (QED) is 0.309. The molecule has 0 aliphatic carbocycles. The fraction of sp³-hybridized carbons (Fsp3) is 0.269. The highest BCUT2D eigenvalue weighted by Gasteiger charge is 2.20. The Morgan fingerprint density at radius 2 is 1.82 bits per heavy atom. The van der Waals surface area contributed by atoms with Gasteiger partial charge in [-0.25, -0.2) is 4.39 Å². The fourth-order valence-corrected chi connectivity index (χ4v) is 4.67. The molecule has 4 rings (SSSR count). The molecule has 38 heavy (non-hydrogen) atoms. The number of halogens is 4. The zero-order chi connectivity index (χ0) is 27.2. The molecule has 2 aromatic carbocycles. The van der Waals surface area contributed by atoms with E-state index in [4.69, 9.17) is 44.8 Å². The fourth-order valence-electron chi connectivity index (χ4n) is 4.02. The number of nitriles is 1. The predicted octanol–water partition coefficient (Wildman–Crippen LogP) is 5.53. The molecule has 0 saturated carbocycles. The number of hydrogen-bond acceptors (Lipinski definition) is 5. The van der Waals surface area contributed by atoms with Crippen molar-refractivity contribution in [3.8, 4) is 17.6 Å². The van der Waals surface area contributed by atoms with Gasteiger partial charge in [-0.05, 0) is 56.3 Å². The number of aromatic nitrogens is 1. The first kappa shape index (κ1) is 27.7. The molecule has 12 heteroatoms. The van der Waals surface area contributed by atoms with Gasteiger partial charge in [-0.1, -0.05) is 40.9 Å². The van der Waals surface area contributed by atoms with Crippen molar-refractivity contribution in [3.63, 3.8) is 0 Å². The third kappa shape index (κ3) is 6.77. The molecule has 0 radical (unpaired) electrons. The van der Waals surface area contributed by atoms with E-state index in [1.807, 2.05) is 6.07 Å². The monoisotopic (exact) mass is 577 g/mol. The Bertz CT molecular complexity index is 1400. The molecular formula is C26H23Cl3FN5O3. The first-order chi connectivity index (χ1) is 18.2. The van der Waals surface area contributed by atoms with E-state index in [0.717, 1.165) is 32.5 Å². The number of amides is 2. The molecule has 0 unspecified atom stereocenters. The number of carbonyl (C=O) groups is 2. The standard InChI is InChI=1S/C26H23Cl3FN5O3/c27-17-9-15(13-31)10-18(11-17)38-24-19(28)4-3-16(22(24)30)14-33-26(37)23-20(29)12-21(34-23)25(36)32-5-8-35-6-1-2-7-35/h3-4,9-12,34H,1-2,5-8,14H2,(H,32,36)(H,33,37). The third-order valence-corrected chi connectivity index (χ3v) is 6.76. The van der Waals surface area contributed by atoms with Crippen molar-refractivity contribution in [2.75, 3.05) is 26.2 Å². The normalized spacial score (nSPS) is 13.2. The van der Waals surface area contributed by atoms with Crippen molar-refractivity contribution >= 4 is 46.6 Å². The molecule has 198 valence electrons. The van der Waals surface area contributed by atoms with Crippen molar-refractivity contribution in [1.29, 1.82) is 5.26 Å². The van der Waals surface area contributed by atoms with Crippen LogP contribution >= 0.6 is 34.8 Å². The van der Waals surface area contributed by atoms with Crippen LogP contribution in [0.4, 0.5) is 4.39 Å². The molecular weight excluding hydrogens is 556 g/mol. The minimum absolute atomic E-state index is 0.0103. The summed E-state index contributed by atoms with van der Waals surface area (Å²) in [7, 11) is 0. The van der Waals surface area contributed by atoms with Crippen LogP contribution < -0.4 is 15.4 Å². The number of carbonyl (C=O) groups excluding carboxylic acids is 2. The number of nitrogens with zero attached hydrogens (tertiary/aromatic N) is 2. The van der Waals surface area contributed by atoms with Crippen molar-refractivity contribution in [2.24, 2.45) is 0 Å². The maximum Gasteiger partial charge on any atom is 0.269 e. The first-order valence-electron chi connectivity index (χ1n) is 11.8. The van der Waals surface area contributed by atoms with Crippen LogP contribution in [0.25, 0.3) is 0 Å². The maximum atomic E-state index is 15.2. The summed E-state index contributed by atoms with van der Waals surface area (Å²) < 4.78 is 20.8. The topological polar surface area (TPSA) is 110 Å². The maximum absolute atomic E-state index is 15.2. The number of H-pyrrole nitrogens is 1. The van der Waals surface area contributed by atoms with Gasteiger partial charge in [0.25, 0.3) is 11.8 Å². The number of nitrogens with one attached hydrogen (secondary N) is 3. The Morgan fingerprint density at radius 1 is 1.05 bits per heavy atom. The van der Waals surface area contributed by atoms with Gasteiger partial charge in [0.15, 0.2) is 11.6 Å². The second-order valence-electron chi connectivity index (χ2n) is 8.63. The molecule has 2 heterocycles. The second kappa shape index (κ2) is 12.5. The van der Waals surface area contributed by atoms with Gasteiger partial charge in [0.1, 0.15) is 17.1 Å². The van der Waals surface area contributed by atoms with E-state index < -0.39 is 11.7 Å². The van der Waals surface area contributed by atoms with Gasteiger partial charge in [0.2, 0.25) is 0 Å². The number of likely N-dealkylation sites (tertiary alicyclic amines) is 1. The zero-order valence-corrected chi connectivity index (χ0v) is 22.3. The van der Waals surface area contributed by atoms with E-state index in [1.165, 1.54) is 36.4 Å². The van der Waals surface area contributed by atoms with E-state index in [-0.39, 0.29) is 61.5 Å². The Morgan fingerprint density at radius 3 is 2.55 bits per heavy atom. The van der Waals surface area contributed by atoms with Crippen LogP contribution in [0, 0.1) is 17.1 Å². The predicted molar refractivity (Wildman–Crippen MR) is 143 cm³/mol. The van der Waals surface area contributed by atoms with Crippen LogP contribution in [-0.2, 0) is 6.54 Å². The van der Waals surface area contributed by atoms with Crippen LogP contribution in [-0.4, -0.2) is 47.9 Å². The summed E-state index contributed by atoms with van der Waals surface area (Å²) >= 11 is 18.3. The summed E-state index contributed by atoms with van der Waals surface area (Å²) in [4.78, 5) is 30.2. The molecule has 1 fully saturated rings. The molecule has 8 nitrogen and oxygen atoms in total. The lowest BCUT2D eigenvalue weighted by atomic mass is 10.2.